The maximum absolute atomic E-state index is 13.6. The molecule has 0 spiro atoms. The molecule has 1 saturated heterocycles. The summed E-state index contributed by atoms with van der Waals surface area (Å²) in [6.45, 7) is 12.1. The topological polar surface area (TPSA) is 157 Å². The Morgan fingerprint density at radius 3 is 2.53 bits per heavy atom. The first kappa shape index (κ1) is 40.1. The highest BCUT2D eigenvalue weighted by Crippen LogP contribution is 2.41. The number of nitrogens with zero attached hydrogens (tertiary/aromatic N) is 6. The zero-order valence-electron chi connectivity index (χ0n) is 33.1. The number of benzene rings is 4. The molecule has 1 fully saturated rings. The molecular formula is C44H47N8O5P. The van der Waals surface area contributed by atoms with E-state index in [0.29, 0.717) is 59.5 Å². The van der Waals surface area contributed by atoms with E-state index in [4.69, 9.17) is 19.3 Å². The van der Waals surface area contributed by atoms with E-state index in [1.807, 2.05) is 80.6 Å². The molecule has 1 aliphatic rings. The van der Waals surface area contributed by atoms with E-state index < -0.39 is 13.2 Å². The van der Waals surface area contributed by atoms with Gasteiger partial charge in [0.15, 0.2) is 0 Å². The smallest absolute Gasteiger partial charge is 0.324 e. The lowest BCUT2D eigenvalue weighted by Gasteiger charge is -2.26. The van der Waals surface area contributed by atoms with Gasteiger partial charge in [-0.1, -0.05) is 50.2 Å². The van der Waals surface area contributed by atoms with Crippen LogP contribution in [0.5, 0.6) is 17.4 Å². The van der Waals surface area contributed by atoms with Gasteiger partial charge < -0.3 is 24.1 Å². The molecule has 0 radical (unpaired) electrons. The molecule has 0 aliphatic carbocycles. The van der Waals surface area contributed by atoms with Gasteiger partial charge in [0.1, 0.15) is 29.7 Å². The van der Waals surface area contributed by atoms with Crippen LogP contribution in [0, 0.1) is 11.3 Å². The summed E-state index contributed by atoms with van der Waals surface area (Å²) in [4.78, 5) is 25.1. The van der Waals surface area contributed by atoms with Gasteiger partial charge in [0.25, 0.3) is 0 Å². The number of carbonyl (C=O) groups is 1. The van der Waals surface area contributed by atoms with Gasteiger partial charge in [-0.05, 0) is 72.8 Å². The van der Waals surface area contributed by atoms with Crippen LogP contribution in [0.4, 0.5) is 16.3 Å². The molecule has 1 aliphatic heterocycles. The minimum atomic E-state index is -2.29. The van der Waals surface area contributed by atoms with Gasteiger partial charge >= 0.3 is 6.03 Å². The molecule has 2 aromatic heterocycles. The van der Waals surface area contributed by atoms with Gasteiger partial charge in [-0.15, -0.1) is 0 Å². The number of carbonyl (C=O) groups excluding carboxylic acids is 1. The molecule has 2 amide bonds. The average molecular weight is 799 g/mol. The monoisotopic (exact) mass is 798 g/mol. The third-order valence-electron chi connectivity index (χ3n) is 9.54. The van der Waals surface area contributed by atoms with Gasteiger partial charge in [0.05, 0.1) is 49.1 Å². The lowest BCUT2D eigenvalue weighted by atomic mass is 10.1. The van der Waals surface area contributed by atoms with Crippen molar-refractivity contribution in [2.75, 3.05) is 63.4 Å². The molecule has 13 nitrogen and oxygen atoms in total. The largest absolute Gasteiger partial charge is 0.492 e. The van der Waals surface area contributed by atoms with Crippen LogP contribution in [0.3, 0.4) is 0 Å². The standard InChI is InChI=1S/C44H47N8O5P/c1-30(2)39-27-42(52(50-39)34-9-7-8-31(23-34)29-58(3,4)54)49-44(53)47-38-12-13-40(37-11-6-5-10-36(37)38)57-43-14-15-46-41(48-43)26-32-22-33(28-45)25-35(24-32)56-21-18-51-16-19-55-20-17-51/h5-15,22-25,27,30H,16-21,26,29H2,1-4H3,(H2,47,49,53). The fourth-order valence-electron chi connectivity index (χ4n) is 6.78. The van der Waals surface area contributed by atoms with E-state index in [-0.39, 0.29) is 5.92 Å². The lowest BCUT2D eigenvalue weighted by molar-refractivity contribution is 0.0322. The van der Waals surface area contributed by atoms with Crippen LogP contribution >= 0.6 is 7.14 Å². The predicted octanol–water partition coefficient (Wildman–Crippen LogP) is 8.67. The summed E-state index contributed by atoms with van der Waals surface area (Å²) in [5, 5.41) is 22.1. The number of nitrogens with one attached hydrogen (secondary N) is 2. The van der Waals surface area contributed by atoms with Crippen molar-refractivity contribution in [2.24, 2.45) is 0 Å². The van der Waals surface area contributed by atoms with Crippen molar-refractivity contribution >= 4 is 35.5 Å². The molecular weight excluding hydrogens is 752 g/mol. The summed E-state index contributed by atoms with van der Waals surface area (Å²) >= 11 is 0. The minimum absolute atomic E-state index is 0.125. The van der Waals surface area contributed by atoms with Crippen LogP contribution < -0.4 is 20.1 Å². The van der Waals surface area contributed by atoms with Crippen LogP contribution in [-0.4, -0.2) is 83.5 Å². The molecule has 0 bridgehead atoms. The van der Waals surface area contributed by atoms with Crippen LogP contribution in [0.1, 0.15) is 48.0 Å². The summed E-state index contributed by atoms with van der Waals surface area (Å²) in [6.07, 6.45) is 2.48. The van der Waals surface area contributed by atoms with Gasteiger partial charge in [-0.2, -0.15) is 15.3 Å². The van der Waals surface area contributed by atoms with Crippen LogP contribution in [0.25, 0.3) is 16.5 Å². The van der Waals surface area contributed by atoms with Gasteiger partial charge in [0.2, 0.25) is 5.88 Å². The predicted molar refractivity (Wildman–Crippen MR) is 226 cm³/mol. The molecule has 3 heterocycles. The normalized spacial score (nSPS) is 13.3. The second-order valence-corrected chi connectivity index (χ2v) is 18.5. The Kier molecular flexibility index (Phi) is 12.5. The van der Waals surface area contributed by atoms with E-state index >= 15 is 0 Å². The number of rotatable bonds is 14. The molecule has 58 heavy (non-hydrogen) atoms. The number of morpholine rings is 1. The molecule has 0 unspecified atom stereocenters. The minimum Gasteiger partial charge on any atom is -0.492 e. The lowest BCUT2D eigenvalue weighted by Crippen LogP contribution is -2.38. The zero-order valence-corrected chi connectivity index (χ0v) is 34.0. The van der Waals surface area contributed by atoms with Crippen LogP contribution in [0.15, 0.2) is 97.2 Å². The third kappa shape index (κ3) is 10.5. The number of aromatic nitrogens is 4. The molecule has 7 rings (SSSR count). The quantitative estimate of drug-likeness (QED) is 0.102. The molecule has 0 saturated carbocycles. The summed E-state index contributed by atoms with van der Waals surface area (Å²) in [6, 6.07) is 29.8. The Morgan fingerprint density at radius 2 is 1.76 bits per heavy atom. The van der Waals surface area contributed by atoms with Crippen molar-refractivity contribution in [2.45, 2.75) is 32.3 Å². The Morgan fingerprint density at radius 1 is 0.948 bits per heavy atom. The summed E-state index contributed by atoms with van der Waals surface area (Å²) < 4.78 is 32.1. The molecule has 6 aromatic rings. The summed E-state index contributed by atoms with van der Waals surface area (Å²) in [7, 11) is -2.29. The van der Waals surface area contributed by atoms with Crippen molar-refractivity contribution in [3.8, 4) is 29.1 Å². The first-order valence-corrected chi connectivity index (χ1v) is 22.1. The van der Waals surface area contributed by atoms with E-state index in [9.17, 15) is 14.6 Å². The number of urea groups is 1. The van der Waals surface area contributed by atoms with E-state index in [1.165, 1.54) is 0 Å². The first-order valence-electron chi connectivity index (χ1n) is 19.3. The van der Waals surface area contributed by atoms with Gasteiger partial charge in [0, 0.05) is 61.3 Å². The Hall–Kier alpha value is -6.06. The molecule has 0 atom stereocenters. The van der Waals surface area contributed by atoms with Crippen molar-refractivity contribution in [1.29, 1.82) is 5.26 Å². The maximum atomic E-state index is 13.6. The molecule has 4 aromatic carbocycles. The number of fused-ring (bicyclic) bond motifs is 1. The maximum Gasteiger partial charge on any atom is 0.324 e. The zero-order chi connectivity index (χ0) is 40.6. The highest BCUT2D eigenvalue weighted by molar-refractivity contribution is 7.61. The first-order chi connectivity index (χ1) is 28.0. The van der Waals surface area contributed by atoms with Crippen molar-refractivity contribution in [3.63, 3.8) is 0 Å². The summed E-state index contributed by atoms with van der Waals surface area (Å²) in [5.41, 5.74) is 4.45. The fraction of sp³-hybridized carbons (Fsp3) is 0.295. The van der Waals surface area contributed by atoms with E-state index in [1.54, 1.807) is 48.5 Å². The van der Waals surface area contributed by atoms with Crippen molar-refractivity contribution < 1.29 is 23.6 Å². The number of hydrogen-bond acceptors (Lipinski definition) is 10. The Balaban J connectivity index is 1.05. The average Bonchev–Trinajstić information content (AvgIpc) is 3.63. The second-order valence-electron chi connectivity index (χ2n) is 15.0. The molecule has 298 valence electrons. The van der Waals surface area contributed by atoms with Crippen LogP contribution in [0.2, 0.25) is 0 Å². The van der Waals surface area contributed by atoms with Crippen molar-refractivity contribution in [3.05, 3.63) is 125 Å². The highest BCUT2D eigenvalue weighted by atomic mass is 31.2. The Labute approximate surface area is 338 Å². The highest BCUT2D eigenvalue weighted by Gasteiger charge is 2.18. The van der Waals surface area contributed by atoms with Crippen LogP contribution in [-0.2, 0) is 21.9 Å². The van der Waals surface area contributed by atoms with Crippen molar-refractivity contribution in [1.82, 2.24) is 24.6 Å². The molecule has 2 N–H and O–H groups in total. The molecule has 14 heteroatoms. The van der Waals surface area contributed by atoms with E-state index in [2.05, 4.69) is 31.6 Å². The number of hydrogen-bond donors (Lipinski definition) is 2. The third-order valence-corrected chi connectivity index (χ3v) is 10.7. The summed E-state index contributed by atoms with van der Waals surface area (Å²) in [5.74, 6) is 2.68. The van der Waals surface area contributed by atoms with Gasteiger partial charge in [-0.25, -0.2) is 14.5 Å². The number of amides is 2. The van der Waals surface area contributed by atoms with E-state index in [0.717, 1.165) is 66.1 Å². The number of ether oxygens (including phenoxy) is 3. The number of nitriles is 1. The SMILES string of the molecule is CC(C)c1cc(NC(=O)Nc2ccc(Oc3ccnc(Cc4cc(C#N)cc(OCCN5CCOCC5)c4)n3)c3ccccc23)n(-c2cccc(CP(C)(C)=O)c2)n1. The fourth-order valence-corrected chi connectivity index (χ4v) is 7.85. The number of anilines is 2. The Bertz CT molecular complexity index is 2500. The van der Waals surface area contributed by atoms with Gasteiger partial charge in [-0.3, -0.25) is 10.2 Å². The second kappa shape index (κ2) is 18.0.